The number of pyridine rings is 1. The lowest BCUT2D eigenvalue weighted by molar-refractivity contribution is 0.515. The first-order chi connectivity index (χ1) is 11.5. The van der Waals surface area contributed by atoms with Gasteiger partial charge < -0.3 is 5.32 Å². The van der Waals surface area contributed by atoms with Crippen LogP contribution >= 0.6 is 0 Å². The van der Waals surface area contributed by atoms with E-state index < -0.39 is 11.6 Å². The summed E-state index contributed by atoms with van der Waals surface area (Å²) in [5.41, 5.74) is 3.62. The summed E-state index contributed by atoms with van der Waals surface area (Å²) in [5.74, 6) is -1.78. The molecule has 1 N–H and O–H groups in total. The second-order valence-electron chi connectivity index (χ2n) is 6.00. The molecule has 4 nitrogen and oxygen atoms in total. The van der Waals surface area contributed by atoms with Crippen molar-refractivity contribution in [3.63, 3.8) is 0 Å². The van der Waals surface area contributed by atoms with Gasteiger partial charge in [-0.2, -0.15) is 5.10 Å². The van der Waals surface area contributed by atoms with Crippen molar-refractivity contribution in [2.75, 3.05) is 11.9 Å². The van der Waals surface area contributed by atoms with Crippen molar-refractivity contribution in [1.29, 1.82) is 0 Å². The van der Waals surface area contributed by atoms with E-state index in [1.807, 2.05) is 30.7 Å². The topological polar surface area (TPSA) is 42.7 Å². The number of aromatic nitrogens is 3. The number of aryl methyl sites for hydroxylation is 4. The minimum atomic E-state index is -0.901. The zero-order valence-corrected chi connectivity index (χ0v) is 14.0. The summed E-state index contributed by atoms with van der Waals surface area (Å²) in [7, 11) is 0. The molecule has 0 atom stereocenters. The average Bonchev–Trinajstić information content (AvgIpc) is 2.85. The first-order valence-electron chi connectivity index (χ1n) is 7.96. The molecular formula is C18H20F2N4. The summed E-state index contributed by atoms with van der Waals surface area (Å²) >= 11 is 0. The van der Waals surface area contributed by atoms with Crippen molar-refractivity contribution in [2.24, 2.45) is 0 Å². The van der Waals surface area contributed by atoms with E-state index in [0.717, 1.165) is 36.1 Å². The fourth-order valence-electron chi connectivity index (χ4n) is 2.86. The van der Waals surface area contributed by atoms with Gasteiger partial charge in [-0.15, -0.1) is 0 Å². The van der Waals surface area contributed by atoms with E-state index in [-0.39, 0.29) is 5.52 Å². The molecule has 0 spiro atoms. The Balaban J connectivity index is 1.73. The van der Waals surface area contributed by atoms with E-state index in [2.05, 4.69) is 15.4 Å². The van der Waals surface area contributed by atoms with E-state index in [0.29, 0.717) is 17.6 Å². The molecule has 0 radical (unpaired) electrons. The molecule has 6 heteroatoms. The Hall–Kier alpha value is -2.50. The number of rotatable bonds is 5. The van der Waals surface area contributed by atoms with Gasteiger partial charge in [0.05, 0.1) is 5.69 Å². The molecular weight excluding hydrogens is 310 g/mol. The van der Waals surface area contributed by atoms with Gasteiger partial charge in [-0.25, -0.2) is 13.8 Å². The molecule has 1 aromatic carbocycles. The van der Waals surface area contributed by atoms with Crippen LogP contribution in [0.4, 0.5) is 14.5 Å². The van der Waals surface area contributed by atoms with Crippen LogP contribution in [0.1, 0.15) is 23.5 Å². The molecule has 0 bridgehead atoms. The third-order valence-electron chi connectivity index (χ3n) is 3.97. The largest absolute Gasteiger partial charge is 0.384 e. The smallest absolute Gasteiger partial charge is 0.185 e. The zero-order chi connectivity index (χ0) is 17.3. The Bertz CT molecular complexity index is 886. The fraction of sp³-hybridized carbons (Fsp3) is 0.333. The maximum atomic E-state index is 13.9. The summed E-state index contributed by atoms with van der Waals surface area (Å²) in [6.07, 6.45) is 0.870. The molecule has 0 aliphatic carbocycles. The van der Waals surface area contributed by atoms with Gasteiger partial charge in [-0.3, -0.25) is 4.68 Å². The molecule has 0 saturated heterocycles. The number of halogens is 2. The van der Waals surface area contributed by atoms with Crippen LogP contribution in [0.15, 0.2) is 24.3 Å². The van der Waals surface area contributed by atoms with Crippen LogP contribution in [0.5, 0.6) is 0 Å². The summed E-state index contributed by atoms with van der Waals surface area (Å²) in [5, 5.41) is 8.32. The Morgan fingerprint density at radius 2 is 1.88 bits per heavy atom. The predicted octanol–water partition coefficient (Wildman–Crippen LogP) is 4.14. The molecule has 2 aromatic heterocycles. The summed E-state index contributed by atoms with van der Waals surface area (Å²) in [6.45, 7) is 7.28. The molecule has 0 fully saturated rings. The van der Waals surface area contributed by atoms with Crippen molar-refractivity contribution in [1.82, 2.24) is 14.8 Å². The van der Waals surface area contributed by atoms with E-state index >= 15 is 0 Å². The molecule has 24 heavy (non-hydrogen) atoms. The monoisotopic (exact) mass is 330 g/mol. The van der Waals surface area contributed by atoms with E-state index in [9.17, 15) is 8.78 Å². The average molecular weight is 330 g/mol. The van der Waals surface area contributed by atoms with Gasteiger partial charge >= 0.3 is 0 Å². The minimum absolute atomic E-state index is 0.0658. The molecule has 2 heterocycles. The quantitative estimate of drug-likeness (QED) is 0.715. The number of hydrogen-bond donors (Lipinski definition) is 1. The number of benzene rings is 1. The molecule has 126 valence electrons. The van der Waals surface area contributed by atoms with Crippen LogP contribution in [0.25, 0.3) is 10.9 Å². The van der Waals surface area contributed by atoms with Crippen molar-refractivity contribution in [3.05, 3.63) is 53.0 Å². The molecule has 0 unspecified atom stereocenters. The molecule has 0 amide bonds. The standard InChI is InChI=1S/C18H20F2N4/c1-11-10-16(14-5-6-15(19)17(20)18(14)22-11)21-7-4-8-24-13(3)9-12(2)23-24/h5-6,9-10H,4,7-8H2,1-3H3,(H,21,22). The van der Waals surface area contributed by atoms with Crippen LogP contribution in [0.3, 0.4) is 0 Å². The first kappa shape index (κ1) is 16.4. The second-order valence-corrected chi connectivity index (χ2v) is 6.00. The molecule has 3 rings (SSSR count). The van der Waals surface area contributed by atoms with Gasteiger partial charge in [0, 0.05) is 35.6 Å². The van der Waals surface area contributed by atoms with Crippen molar-refractivity contribution in [3.8, 4) is 0 Å². The van der Waals surface area contributed by atoms with Gasteiger partial charge in [0.2, 0.25) is 0 Å². The minimum Gasteiger partial charge on any atom is -0.384 e. The zero-order valence-electron chi connectivity index (χ0n) is 14.0. The van der Waals surface area contributed by atoms with Gasteiger partial charge in [0.15, 0.2) is 11.6 Å². The van der Waals surface area contributed by atoms with Gasteiger partial charge in [0.25, 0.3) is 0 Å². The Labute approximate surface area is 139 Å². The molecule has 0 saturated carbocycles. The van der Waals surface area contributed by atoms with Crippen LogP contribution < -0.4 is 5.32 Å². The molecule has 0 aliphatic rings. The lowest BCUT2D eigenvalue weighted by Gasteiger charge is -2.12. The Morgan fingerprint density at radius 1 is 1.08 bits per heavy atom. The van der Waals surface area contributed by atoms with Crippen LogP contribution in [0.2, 0.25) is 0 Å². The molecule has 0 aliphatic heterocycles. The van der Waals surface area contributed by atoms with Gasteiger partial charge in [0.1, 0.15) is 5.52 Å². The maximum Gasteiger partial charge on any atom is 0.185 e. The highest BCUT2D eigenvalue weighted by Crippen LogP contribution is 2.26. The Kier molecular flexibility index (Phi) is 4.46. The van der Waals surface area contributed by atoms with Crippen molar-refractivity contribution in [2.45, 2.75) is 33.7 Å². The lowest BCUT2D eigenvalue weighted by Crippen LogP contribution is -2.09. The van der Waals surface area contributed by atoms with E-state index in [1.165, 1.54) is 0 Å². The summed E-state index contributed by atoms with van der Waals surface area (Å²) in [4.78, 5) is 4.12. The van der Waals surface area contributed by atoms with Gasteiger partial charge in [-0.05, 0) is 51.5 Å². The van der Waals surface area contributed by atoms with Crippen LogP contribution in [0, 0.1) is 32.4 Å². The summed E-state index contributed by atoms with van der Waals surface area (Å²) in [6, 6.07) is 6.59. The van der Waals surface area contributed by atoms with Crippen molar-refractivity contribution >= 4 is 16.6 Å². The SMILES string of the molecule is Cc1cc(NCCCn2nc(C)cc2C)c2ccc(F)c(F)c2n1. The number of anilines is 1. The predicted molar refractivity (Wildman–Crippen MR) is 91.2 cm³/mol. The van der Waals surface area contributed by atoms with Gasteiger partial charge in [-0.1, -0.05) is 0 Å². The van der Waals surface area contributed by atoms with E-state index in [4.69, 9.17) is 0 Å². The maximum absolute atomic E-state index is 13.9. The third-order valence-corrected chi connectivity index (χ3v) is 3.97. The molecule has 3 aromatic rings. The normalized spacial score (nSPS) is 11.2. The number of nitrogens with zero attached hydrogens (tertiary/aromatic N) is 3. The Morgan fingerprint density at radius 3 is 2.58 bits per heavy atom. The fourth-order valence-corrected chi connectivity index (χ4v) is 2.86. The second kappa shape index (κ2) is 6.55. The lowest BCUT2D eigenvalue weighted by atomic mass is 10.1. The third kappa shape index (κ3) is 3.22. The highest BCUT2D eigenvalue weighted by molar-refractivity contribution is 5.91. The number of fused-ring (bicyclic) bond motifs is 1. The number of nitrogens with one attached hydrogen (secondary N) is 1. The van der Waals surface area contributed by atoms with Crippen LogP contribution in [-0.4, -0.2) is 21.3 Å². The van der Waals surface area contributed by atoms with Crippen molar-refractivity contribution < 1.29 is 8.78 Å². The highest BCUT2D eigenvalue weighted by Gasteiger charge is 2.12. The number of hydrogen-bond acceptors (Lipinski definition) is 3. The van der Waals surface area contributed by atoms with Crippen LogP contribution in [-0.2, 0) is 6.54 Å². The van der Waals surface area contributed by atoms with E-state index in [1.54, 1.807) is 13.0 Å². The highest BCUT2D eigenvalue weighted by atomic mass is 19.2. The summed E-state index contributed by atoms with van der Waals surface area (Å²) < 4.78 is 29.3. The first-order valence-corrected chi connectivity index (χ1v) is 7.96.